The van der Waals surface area contributed by atoms with Crippen LogP contribution in [-0.2, 0) is 6.42 Å². The molecule has 0 fully saturated rings. The smallest absolute Gasteiger partial charge is 0.0992 e. The summed E-state index contributed by atoms with van der Waals surface area (Å²) in [6.07, 6.45) is 6.45. The minimum atomic E-state index is 0.631. The molecular formula is C38H24N4. The van der Waals surface area contributed by atoms with E-state index >= 15 is 0 Å². The number of para-hydroxylation sites is 2. The monoisotopic (exact) mass is 536 g/mol. The highest BCUT2D eigenvalue weighted by Crippen LogP contribution is 2.37. The van der Waals surface area contributed by atoms with Crippen molar-refractivity contribution in [3.63, 3.8) is 0 Å². The van der Waals surface area contributed by atoms with Crippen molar-refractivity contribution in [3.8, 4) is 34.6 Å². The van der Waals surface area contributed by atoms with Gasteiger partial charge in [-0.2, -0.15) is 10.5 Å². The molecule has 0 saturated heterocycles. The van der Waals surface area contributed by atoms with Crippen LogP contribution >= 0.6 is 0 Å². The molecule has 1 aliphatic carbocycles. The Hall–Kier alpha value is -5.84. The molecule has 0 radical (unpaired) electrons. The summed E-state index contributed by atoms with van der Waals surface area (Å²) < 4.78 is 4.59. The SMILES string of the molecule is N#Cc1cc(-c2cccc(-n3c4ccccc4c4cc(C#N)ccc43)c2)cc(-n2c3c(c4ccccc42)C=CCC3)c1. The van der Waals surface area contributed by atoms with Crippen LogP contribution in [-0.4, -0.2) is 9.13 Å². The van der Waals surface area contributed by atoms with Gasteiger partial charge in [-0.1, -0.05) is 60.7 Å². The fraction of sp³-hybridized carbons (Fsp3) is 0.0526. The van der Waals surface area contributed by atoms with Crippen molar-refractivity contribution < 1.29 is 0 Å². The molecule has 0 spiro atoms. The standard InChI is InChI=1S/C38H24N4/c39-23-25-16-17-38-34(20-25)33-12-3-6-15-37(33)41(38)29-9-7-8-27(21-29)28-18-26(24-40)19-30(22-28)42-35-13-4-1-10-31(35)32-11-2-5-14-36(32)42/h1-4,6-13,15-22H,5,14H2. The fourth-order valence-corrected chi connectivity index (χ4v) is 6.58. The highest BCUT2D eigenvalue weighted by molar-refractivity contribution is 6.09. The van der Waals surface area contributed by atoms with Crippen LogP contribution in [0.25, 0.3) is 61.3 Å². The lowest BCUT2D eigenvalue weighted by molar-refractivity contribution is 0.888. The summed E-state index contributed by atoms with van der Waals surface area (Å²) in [6, 6.07) is 42.1. The summed E-state index contributed by atoms with van der Waals surface area (Å²) in [5.41, 5.74) is 11.2. The second-order valence-electron chi connectivity index (χ2n) is 10.8. The van der Waals surface area contributed by atoms with Crippen LogP contribution in [0.3, 0.4) is 0 Å². The third-order valence-electron chi connectivity index (χ3n) is 8.39. The van der Waals surface area contributed by atoms with Crippen molar-refractivity contribution in [2.75, 3.05) is 0 Å². The lowest BCUT2D eigenvalue weighted by Gasteiger charge is -2.16. The molecule has 2 aromatic heterocycles. The van der Waals surface area contributed by atoms with E-state index in [0.717, 1.165) is 62.7 Å². The molecular weight excluding hydrogens is 512 g/mol. The van der Waals surface area contributed by atoms with Crippen molar-refractivity contribution >= 4 is 38.8 Å². The molecule has 4 nitrogen and oxygen atoms in total. The van der Waals surface area contributed by atoms with Crippen LogP contribution in [0.15, 0.2) is 115 Å². The van der Waals surface area contributed by atoms with E-state index in [1.54, 1.807) is 0 Å². The highest BCUT2D eigenvalue weighted by atomic mass is 15.0. The fourth-order valence-electron chi connectivity index (χ4n) is 6.58. The number of hydrogen-bond acceptors (Lipinski definition) is 2. The zero-order chi connectivity index (χ0) is 28.2. The van der Waals surface area contributed by atoms with Crippen LogP contribution in [0.2, 0.25) is 0 Å². The van der Waals surface area contributed by atoms with Crippen LogP contribution in [0, 0.1) is 22.7 Å². The van der Waals surface area contributed by atoms with Crippen molar-refractivity contribution in [2.45, 2.75) is 12.8 Å². The second-order valence-corrected chi connectivity index (χ2v) is 10.8. The molecule has 0 unspecified atom stereocenters. The minimum Gasteiger partial charge on any atom is -0.313 e. The molecule has 0 bridgehead atoms. The van der Waals surface area contributed by atoms with Crippen LogP contribution in [0.4, 0.5) is 0 Å². The molecule has 1 aliphatic rings. The number of aromatic nitrogens is 2. The van der Waals surface area contributed by atoms with Gasteiger partial charge in [-0.3, -0.25) is 0 Å². The van der Waals surface area contributed by atoms with E-state index in [0.29, 0.717) is 11.1 Å². The van der Waals surface area contributed by atoms with Gasteiger partial charge in [0.2, 0.25) is 0 Å². The molecule has 8 rings (SSSR count). The lowest BCUT2D eigenvalue weighted by Crippen LogP contribution is -2.03. The zero-order valence-electron chi connectivity index (χ0n) is 22.8. The average Bonchev–Trinajstić information content (AvgIpc) is 3.57. The summed E-state index contributed by atoms with van der Waals surface area (Å²) in [5, 5.41) is 23.0. The van der Waals surface area contributed by atoms with Gasteiger partial charge in [0, 0.05) is 38.8 Å². The van der Waals surface area contributed by atoms with E-state index in [4.69, 9.17) is 0 Å². The number of nitriles is 2. The van der Waals surface area contributed by atoms with Gasteiger partial charge in [-0.05, 0) is 84.6 Å². The van der Waals surface area contributed by atoms with Crippen molar-refractivity contribution in [2.24, 2.45) is 0 Å². The zero-order valence-corrected chi connectivity index (χ0v) is 22.8. The van der Waals surface area contributed by atoms with Gasteiger partial charge < -0.3 is 9.13 Å². The van der Waals surface area contributed by atoms with Gasteiger partial charge >= 0.3 is 0 Å². The number of rotatable bonds is 3. The van der Waals surface area contributed by atoms with E-state index in [1.165, 1.54) is 16.6 Å². The molecule has 196 valence electrons. The quantitative estimate of drug-likeness (QED) is 0.226. The van der Waals surface area contributed by atoms with Crippen LogP contribution in [0.1, 0.15) is 28.8 Å². The van der Waals surface area contributed by atoms with Crippen LogP contribution in [0.5, 0.6) is 0 Å². The topological polar surface area (TPSA) is 57.4 Å². The van der Waals surface area contributed by atoms with E-state index in [9.17, 15) is 10.5 Å². The first-order valence-electron chi connectivity index (χ1n) is 14.1. The maximum atomic E-state index is 10.1. The van der Waals surface area contributed by atoms with Gasteiger partial charge in [0.25, 0.3) is 0 Å². The Labute approximate surface area is 243 Å². The summed E-state index contributed by atoms with van der Waals surface area (Å²) in [4.78, 5) is 0. The Kier molecular flexibility index (Phi) is 5.36. The first kappa shape index (κ1) is 24.0. The number of allylic oxidation sites excluding steroid dienone is 1. The maximum Gasteiger partial charge on any atom is 0.0992 e. The predicted molar refractivity (Wildman–Crippen MR) is 170 cm³/mol. The predicted octanol–water partition coefficient (Wildman–Crippen LogP) is 9.10. The average molecular weight is 537 g/mol. The van der Waals surface area contributed by atoms with Crippen molar-refractivity contribution in [3.05, 3.63) is 138 Å². The Morgan fingerprint density at radius 2 is 1.29 bits per heavy atom. The summed E-state index contributed by atoms with van der Waals surface area (Å²) in [7, 11) is 0. The van der Waals surface area contributed by atoms with E-state index in [2.05, 4.69) is 100 Å². The summed E-state index contributed by atoms with van der Waals surface area (Å²) >= 11 is 0. The molecule has 5 aromatic carbocycles. The van der Waals surface area contributed by atoms with E-state index in [1.807, 2.05) is 42.5 Å². The maximum absolute atomic E-state index is 10.1. The van der Waals surface area contributed by atoms with Crippen LogP contribution < -0.4 is 0 Å². The Morgan fingerprint density at radius 1 is 0.548 bits per heavy atom. The Bertz CT molecular complexity index is 2330. The molecule has 0 saturated carbocycles. The van der Waals surface area contributed by atoms with Gasteiger partial charge in [0.1, 0.15) is 0 Å². The number of benzene rings is 5. The summed E-state index contributed by atoms with van der Waals surface area (Å²) in [6.45, 7) is 0. The Balaban J connectivity index is 1.33. The first-order chi connectivity index (χ1) is 20.7. The lowest BCUT2D eigenvalue weighted by atomic mass is 10.0. The molecule has 42 heavy (non-hydrogen) atoms. The molecule has 4 heteroatoms. The van der Waals surface area contributed by atoms with Gasteiger partial charge in [-0.15, -0.1) is 0 Å². The minimum absolute atomic E-state index is 0.631. The third kappa shape index (κ3) is 3.60. The molecule has 0 aliphatic heterocycles. The Morgan fingerprint density at radius 3 is 2.12 bits per heavy atom. The second kappa shape index (κ2) is 9.37. The molecule has 7 aromatic rings. The largest absolute Gasteiger partial charge is 0.313 e. The third-order valence-corrected chi connectivity index (χ3v) is 8.39. The number of fused-ring (bicyclic) bond motifs is 6. The normalized spacial score (nSPS) is 12.4. The number of nitrogens with zero attached hydrogens (tertiary/aromatic N) is 4. The van der Waals surface area contributed by atoms with E-state index < -0.39 is 0 Å². The molecule has 0 atom stereocenters. The molecule has 2 heterocycles. The van der Waals surface area contributed by atoms with Gasteiger partial charge in [-0.25, -0.2) is 0 Å². The molecule has 0 amide bonds. The van der Waals surface area contributed by atoms with Crippen molar-refractivity contribution in [1.29, 1.82) is 10.5 Å². The van der Waals surface area contributed by atoms with Crippen molar-refractivity contribution in [1.82, 2.24) is 9.13 Å². The van der Waals surface area contributed by atoms with E-state index in [-0.39, 0.29) is 0 Å². The van der Waals surface area contributed by atoms with Gasteiger partial charge in [0.15, 0.2) is 0 Å². The first-order valence-corrected chi connectivity index (χ1v) is 14.1. The number of hydrogen-bond donors (Lipinski definition) is 0. The summed E-state index contributed by atoms with van der Waals surface area (Å²) in [5.74, 6) is 0. The molecule has 0 N–H and O–H groups in total. The highest BCUT2D eigenvalue weighted by Gasteiger charge is 2.19. The van der Waals surface area contributed by atoms with Gasteiger partial charge in [0.05, 0.1) is 39.8 Å².